The number of hydrogen-bond donors (Lipinski definition) is 0. The SMILES string of the molecule is CC(C)C(C)OC(=O)N1[C@@H](C=O)COC1(C)C. The van der Waals surface area contributed by atoms with E-state index in [4.69, 9.17) is 9.47 Å². The summed E-state index contributed by atoms with van der Waals surface area (Å²) in [5.74, 6) is 0.236. The van der Waals surface area contributed by atoms with Crippen LogP contribution in [-0.4, -0.2) is 41.8 Å². The first-order valence-corrected chi connectivity index (χ1v) is 5.88. The maximum Gasteiger partial charge on any atom is 0.413 e. The summed E-state index contributed by atoms with van der Waals surface area (Å²) in [6.45, 7) is 9.50. The van der Waals surface area contributed by atoms with Crippen molar-refractivity contribution in [1.29, 1.82) is 0 Å². The van der Waals surface area contributed by atoms with E-state index in [1.165, 1.54) is 4.90 Å². The molecule has 0 radical (unpaired) electrons. The van der Waals surface area contributed by atoms with Crippen molar-refractivity contribution >= 4 is 12.4 Å². The van der Waals surface area contributed by atoms with Crippen LogP contribution in [0.25, 0.3) is 0 Å². The molecule has 98 valence electrons. The van der Waals surface area contributed by atoms with Crippen LogP contribution in [-0.2, 0) is 14.3 Å². The monoisotopic (exact) mass is 243 g/mol. The van der Waals surface area contributed by atoms with Crippen molar-refractivity contribution in [1.82, 2.24) is 4.90 Å². The van der Waals surface area contributed by atoms with Gasteiger partial charge in [-0.25, -0.2) is 4.79 Å². The third kappa shape index (κ3) is 2.97. The summed E-state index contributed by atoms with van der Waals surface area (Å²) in [5, 5.41) is 0. The zero-order valence-corrected chi connectivity index (χ0v) is 11.1. The van der Waals surface area contributed by atoms with Gasteiger partial charge >= 0.3 is 6.09 Å². The smallest absolute Gasteiger partial charge is 0.413 e. The molecule has 0 bridgehead atoms. The van der Waals surface area contributed by atoms with Crippen LogP contribution in [0, 0.1) is 5.92 Å². The quantitative estimate of drug-likeness (QED) is 0.709. The molecule has 1 aliphatic rings. The third-order valence-corrected chi connectivity index (χ3v) is 3.10. The normalized spacial score (nSPS) is 24.8. The summed E-state index contributed by atoms with van der Waals surface area (Å²) in [4.78, 5) is 24.3. The second kappa shape index (κ2) is 5.04. The van der Waals surface area contributed by atoms with Gasteiger partial charge in [0.1, 0.15) is 24.2 Å². The lowest BCUT2D eigenvalue weighted by molar-refractivity contribution is -0.112. The molecule has 0 aromatic heterocycles. The minimum absolute atomic E-state index is 0.189. The van der Waals surface area contributed by atoms with Crippen molar-refractivity contribution in [3.63, 3.8) is 0 Å². The zero-order valence-electron chi connectivity index (χ0n) is 11.1. The Morgan fingerprint density at radius 2 is 2.06 bits per heavy atom. The molecule has 0 spiro atoms. The van der Waals surface area contributed by atoms with Gasteiger partial charge < -0.3 is 14.3 Å². The molecule has 0 aromatic rings. The second-order valence-corrected chi connectivity index (χ2v) is 5.16. The van der Waals surface area contributed by atoms with Gasteiger partial charge in [-0.15, -0.1) is 0 Å². The van der Waals surface area contributed by atoms with Gasteiger partial charge in [0.2, 0.25) is 0 Å². The molecular weight excluding hydrogens is 222 g/mol. The highest BCUT2D eigenvalue weighted by atomic mass is 16.6. The Labute approximate surface area is 102 Å². The van der Waals surface area contributed by atoms with Crippen LogP contribution in [0.5, 0.6) is 0 Å². The molecule has 5 heteroatoms. The summed E-state index contributed by atoms with van der Waals surface area (Å²) in [7, 11) is 0. The summed E-state index contributed by atoms with van der Waals surface area (Å²) >= 11 is 0. The maximum atomic E-state index is 12.0. The highest BCUT2D eigenvalue weighted by Crippen LogP contribution is 2.27. The molecule has 0 aromatic carbocycles. The predicted molar refractivity (Wildman–Crippen MR) is 62.5 cm³/mol. The number of hydrogen-bond acceptors (Lipinski definition) is 4. The molecule has 1 saturated heterocycles. The van der Waals surface area contributed by atoms with Gasteiger partial charge in [0, 0.05) is 0 Å². The van der Waals surface area contributed by atoms with E-state index < -0.39 is 17.9 Å². The van der Waals surface area contributed by atoms with E-state index in [1.54, 1.807) is 13.8 Å². The van der Waals surface area contributed by atoms with Crippen molar-refractivity contribution in [3.8, 4) is 0 Å². The van der Waals surface area contributed by atoms with Gasteiger partial charge in [-0.05, 0) is 26.7 Å². The molecule has 1 unspecified atom stereocenters. The summed E-state index contributed by atoms with van der Waals surface area (Å²) in [5.41, 5.74) is -0.792. The van der Waals surface area contributed by atoms with Gasteiger partial charge in [0.25, 0.3) is 0 Å². The Kier molecular flexibility index (Phi) is 4.14. The van der Waals surface area contributed by atoms with E-state index in [0.29, 0.717) is 0 Å². The lowest BCUT2D eigenvalue weighted by Crippen LogP contribution is -2.49. The van der Waals surface area contributed by atoms with Crippen LogP contribution in [0.1, 0.15) is 34.6 Å². The molecule has 1 rings (SSSR count). The summed E-state index contributed by atoms with van der Waals surface area (Å²) < 4.78 is 10.7. The molecule has 0 saturated carbocycles. The Morgan fingerprint density at radius 3 is 2.53 bits per heavy atom. The van der Waals surface area contributed by atoms with Crippen LogP contribution in [0.2, 0.25) is 0 Å². The van der Waals surface area contributed by atoms with Crippen LogP contribution in [0.4, 0.5) is 4.79 Å². The van der Waals surface area contributed by atoms with Gasteiger partial charge in [0.15, 0.2) is 0 Å². The van der Waals surface area contributed by atoms with Crippen molar-refractivity contribution in [3.05, 3.63) is 0 Å². The average Bonchev–Trinajstić information content (AvgIpc) is 2.53. The third-order valence-electron chi connectivity index (χ3n) is 3.10. The molecule has 1 aliphatic heterocycles. The number of rotatable bonds is 3. The van der Waals surface area contributed by atoms with E-state index >= 15 is 0 Å². The fourth-order valence-electron chi connectivity index (χ4n) is 1.64. The van der Waals surface area contributed by atoms with Gasteiger partial charge in [-0.2, -0.15) is 0 Å². The summed E-state index contributed by atoms with van der Waals surface area (Å²) in [6, 6.07) is -0.558. The first-order valence-electron chi connectivity index (χ1n) is 5.88. The average molecular weight is 243 g/mol. The maximum absolute atomic E-state index is 12.0. The van der Waals surface area contributed by atoms with Crippen LogP contribution >= 0.6 is 0 Å². The molecule has 0 N–H and O–H groups in total. The zero-order chi connectivity index (χ0) is 13.2. The minimum Gasteiger partial charge on any atom is -0.446 e. The second-order valence-electron chi connectivity index (χ2n) is 5.16. The van der Waals surface area contributed by atoms with E-state index in [2.05, 4.69) is 0 Å². The molecule has 0 aliphatic carbocycles. The molecule has 1 fully saturated rings. The van der Waals surface area contributed by atoms with E-state index in [9.17, 15) is 9.59 Å². The van der Waals surface area contributed by atoms with Crippen LogP contribution in [0.3, 0.4) is 0 Å². The van der Waals surface area contributed by atoms with E-state index in [0.717, 1.165) is 6.29 Å². The van der Waals surface area contributed by atoms with Crippen molar-refractivity contribution < 1.29 is 19.1 Å². The van der Waals surface area contributed by atoms with Gasteiger partial charge in [0.05, 0.1) is 6.61 Å². The van der Waals surface area contributed by atoms with Crippen molar-refractivity contribution in [2.45, 2.75) is 52.5 Å². The standard InChI is InChI=1S/C12H21NO4/c1-8(2)9(3)17-11(15)13-10(6-14)7-16-12(13,4)5/h6,8-10H,7H2,1-5H3/t9?,10-/m0/s1. The Morgan fingerprint density at radius 1 is 1.47 bits per heavy atom. The molecule has 1 amide bonds. The van der Waals surface area contributed by atoms with Gasteiger partial charge in [-0.1, -0.05) is 13.8 Å². The van der Waals surface area contributed by atoms with Crippen LogP contribution in [0.15, 0.2) is 0 Å². The lowest BCUT2D eigenvalue weighted by Gasteiger charge is -2.32. The molecule has 5 nitrogen and oxygen atoms in total. The van der Waals surface area contributed by atoms with Gasteiger partial charge in [-0.3, -0.25) is 4.90 Å². The number of nitrogens with zero attached hydrogens (tertiary/aromatic N) is 1. The Hall–Kier alpha value is -1.10. The first-order chi connectivity index (χ1) is 7.79. The van der Waals surface area contributed by atoms with E-state index in [-0.39, 0.29) is 18.6 Å². The molecular formula is C12H21NO4. The summed E-state index contributed by atoms with van der Waals surface area (Å²) in [6.07, 6.45) is 0.0350. The largest absolute Gasteiger partial charge is 0.446 e. The lowest BCUT2D eigenvalue weighted by atomic mass is 10.1. The Bertz CT molecular complexity index is 301. The number of carbonyl (C=O) groups excluding carboxylic acids is 2. The molecule has 17 heavy (non-hydrogen) atoms. The minimum atomic E-state index is -0.792. The molecule has 1 heterocycles. The fourth-order valence-corrected chi connectivity index (χ4v) is 1.64. The van der Waals surface area contributed by atoms with Crippen molar-refractivity contribution in [2.75, 3.05) is 6.61 Å². The number of aldehydes is 1. The van der Waals surface area contributed by atoms with Crippen molar-refractivity contribution in [2.24, 2.45) is 5.92 Å². The highest BCUT2D eigenvalue weighted by molar-refractivity contribution is 5.75. The first kappa shape index (κ1) is 14.0. The predicted octanol–water partition coefficient (Wildman–Crippen LogP) is 1.80. The topological polar surface area (TPSA) is 55.8 Å². The Balaban J connectivity index is 2.75. The number of ether oxygens (including phenoxy) is 2. The number of amides is 1. The van der Waals surface area contributed by atoms with Crippen LogP contribution < -0.4 is 0 Å². The van der Waals surface area contributed by atoms with E-state index in [1.807, 2.05) is 20.8 Å². The number of carbonyl (C=O) groups is 2. The fraction of sp³-hybridized carbons (Fsp3) is 0.833. The molecule has 2 atom stereocenters. The highest BCUT2D eigenvalue weighted by Gasteiger charge is 2.45.